The molecule has 0 N–H and O–H groups in total. The SMILES string of the molecule is Cc1cc(C)cc(C(=O)N(CC2CCCO2)c2nc3c(Cl)cccc3s2)c1. The van der Waals surface area contributed by atoms with Crippen LogP contribution in [-0.4, -0.2) is 30.1 Å². The van der Waals surface area contributed by atoms with E-state index in [2.05, 4.69) is 11.1 Å². The number of halogens is 1. The molecule has 1 fully saturated rings. The summed E-state index contributed by atoms with van der Waals surface area (Å²) in [5.74, 6) is -0.0486. The second-order valence-corrected chi connectivity index (χ2v) is 8.43. The van der Waals surface area contributed by atoms with Crippen LogP contribution in [0.1, 0.15) is 34.3 Å². The average Bonchev–Trinajstić information content (AvgIpc) is 3.28. The molecule has 0 aliphatic carbocycles. The molecule has 1 aliphatic rings. The summed E-state index contributed by atoms with van der Waals surface area (Å²) in [6.07, 6.45) is 2.03. The van der Waals surface area contributed by atoms with E-state index in [-0.39, 0.29) is 12.0 Å². The van der Waals surface area contributed by atoms with Crippen LogP contribution >= 0.6 is 22.9 Å². The van der Waals surface area contributed by atoms with Gasteiger partial charge in [0.25, 0.3) is 5.91 Å². The van der Waals surface area contributed by atoms with Crippen molar-refractivity contribution in [2.24, 2.45) is 0 Å². The van der Waals surface area contributed by atoms with Crippen LogP contribution in [-0.2, 0) is 4.74 Å². The fraction of sp³-hybridized carbons (Fsp3) is 0.333. The zero-order chi connectivity index (χ0) is 19.0. The van der Waals surface area contributed by atoms with Crippen molar-refractivity contribution >= 4 is 44.2 Å². The number of carbonyl (C=O) groups excluding carboxylic acids is 1. The molecular weight excluding hydrogens is 380 g/mol. The fourth-order valence-corrected chi connectivity index (χ4v) is 4.79. The van der Waals surface area contributed by atoms with Crippen molar-refractivity contribution in [3.63, 3.8) is 0 Å². The Kier molecular flexibility index (Phi) is 5.17. The Morgan fingerprint density at radius 1 is 1.30 bits per heavy atom. The number of hydrogen-bond acceptors (Lipinski definition) is 4. The molecule has 1 atom stereocenters. The quantitative estimate of drug-likeness (QED) is 0.589. The average molecular weight is 401 g/mol. The van der Waals surface area contributed by atoms with E-state index in [0.717, 1.165) is 40.8 Å². The van der Waals surface area contributed by atoms with Gasteiger partial charge in [-0.2, -0.15) is 0 Å². The summed E-state index contributed by atoms with van der Waals surface area (Å²) >= 11 is 7.79. The molecule has 27 heavy (non-hydrogen) atoms. The topological polar surface area (TPSA) is 42.4 Å². The van der Waals surface area contributed by atoms with Crippen LogP contribution in [0.5, 0.6) is 0 Å². The minimum Gasteiger partial charge on any atom is -0.376 e. The first kappa shape index (κ1) is 18.4. The van der Waals surface area contributed by atoms with Crippen LogP contribution < -0.4 is 4.90 Å². The normalized spacial score (nSPS) is 16.8. The first-order valence-corrected chi connectivity index (χ1v) is 10.3. The Morgan fingerprint density at radius 2 is 2.07 bits per heavy atom. The van der Waals surface area contributed by atoms with E-state index in [0.29, 0.717) is 22.3 Å². The van der Waals surface area contributed by atoms with Gasteiger partial charge in [-0.3, -0.25) is 9.69 Å². The number of rotatable bonds is 4. The molecule has 0 saturated carbocycles. The minimum atomic E-state index is -0.0486. The van der Waals surface area contributed by atoms with Crippen molar-refractivity contribution in [1.82, 2.24) is 4.98 Å². The lowest BCUT2D eigenvalue weighted by molar-refractivity contribution is 0.0917. The lowest BCUT2D eigenvalue weighted by Crippen LogP contribution is -2.37. The number of ether oxygens (including phenoxy) is 1. The number of amides is 1. The van der Waals surface area contributed by atoms with Crippen LogP contribution in [0, 0.1) is 13.8 Å². The highest BCUT2D eigenvalue weighted by Crippen LogP contribution is 2.34. The summed E-state index contributed by atoms with van der Waals surface area (Å²) in [6.45, 7) is 5.27. The third-order valence-corrected chi connectivity index (χ3v) is 6.06. The fourth-order valence-electron chi connectivity index (χ4n) is 3.51. The molecule has 4 rings (SSSR count). The summed E-state index contributed by atoms with van der Waals surface area (Å²) < 4.78 is 6.77. The lowest BCUT2D eigenvalue weighted by atomic mass is 10.1. The molecule has 1 aromatic heterocycles. The first-order chi connectivity index (χ1) is 13.0. The van der Waals surface area contributed by atoms with Gasteiger partial charge in [0, 0.05) is 12.2 Å². The molecule has 0 bridgehead atoms. The summed E-state index contributed by atoms with van der Waals surface area (Å²) in [4.78, 5) is 19.8. The third-order valence-electron chi connectivity index (χ3n) is 4.71. The number of aryl methyl sites for hydroxylation is 2. The van der Waals surface area contributed by atoms with Crippen molar-refractivity contribution in [1.29, 1.82) is 0 Å². The largest absolute Gasteiger partial charge is 0.376 e. The number of aromatic nitrogens is 1. The van der Waals surface area contributed by atoms with E-state index < -0.39 is 0 Å². The number of nitrogens with zero attached hydrogens (tertiary/aromatic N) is 2. The first-order valence-electron chi connectivity index (χ1n) is 9.08. The van der Waals surface area contributed by atoms with Gasteiger partial charge in [0.05, 0.1) is 22.4 Å². The van der Waals surface area contributed by atoms with E-state index in [1.807, 2.05) is 44.2 Å². The second-order valence-electron chi connectivity index (χ2n) is 7.01. The van der Waals surface area contributed by atoms with Crippen LogP contribution in [0.25, 0.3) is 10.2 Å². The molecule has 140 valence electrons. The third kappa shape index (κ3) is 3.86. The number of anilines is 1. The van der Waals surface area contributed by atoms with Gasteiger partial charge < -0.3 is 4.74 Å². The van der Waals surface area contributed by atoms with Gasteiger partial charge in [-0.25, -0.2) is 4.98 Å². The summed E-state index contributed by atoms with van der Waals surface area (Å²) in [6, 6.07) is 11.6. The predicted molar refractivity (Wildman–Crippen MR) is 111 cm³/mol. The molecule has 1 saturated heterocycles. The number of fused-ring (bicyclic) bond motifs is 1. The van der Waals surface area contributed by atoms with Crippen molar-refractivity contribution in [2.45, 2.75) is 32.8 Å². The highest BCUT2D eigenvalue weighted by atomic mass is 35.5. The van der Waals surface area contributed by atoms with Gasteiger partial charge in [-0.15, -0.1) is 0 Å². The number of carbonyl (C=O) groups is 1. The Hall–Kier alpha value is -1.95. The molecular formula is C21H21ClN2O2S. The highest BCUT2D eigenvalue weighted by Gasteiger charge is 2.27. The Bertz CT molecular complexity index is 975. The van der Waals surface area contributed by atoms with Gasteiger partial charge in [0.1, 0.15) is 5.52 Å². The number of hydrogen-bond donors (Lipinski definition) is 0. The molecule has 6 heteroatoms. The van der Waals surface area contributed by atoms with Gasteiger partial charge >= 0.3 is 0 Å². The maximum Gasteiger partial charge on any atom is 0.260 e. The van der Waals surface area contributed by atoms with E-state index in [1.165, 1.54) is 11.3 Å². The summed E-state index contributed by atoms with van der Waals surface area (Å²) in [5.41, 5.74) is 3.56. The molecule has 1 unspecified atom stereocenters. The second kappa shape index (κ2) is 7.58. The van der Waals surface area contributed by atoms with Gasteiger partial charge in [-0.1, -0.05) is 46.2 Å². The maximum absolute atomic E-state index is 13.4. The minimum absolute atomic E-state index is 0.0438. The van der Waals surface area contributed by atoms with Crippen LogP contribution in [0.4, 0.5) is 5.13 Å². The molecule has 1 aliphatic heterocycles. The predicted octanol–water partition coefficient (Wildman–Crippen LogP) is 5.39. The Balaban J connectivity index is 1.75. The standard InChI is InChI=1S/C21H21ClN2O2S/c1-13-9-14(2)11-15(10-13)20(25)24(12-16-5-4-8-26-16)21-23-19-17(22)6-3-7-18(19)27-21/h3,6-7,9-11,16H,4-5,8,12H2,1-2H3. The van der Waals surface area contributed by atoms with E-state index >= 15 is 0 Å². The van der Waals surface area contributed by atoms with Crippen molar-refractivity contribution in [3.05, 3.63) is 58.1 Å². The zero-order valence-electron chi connectivity index (χ0n) is 15.4. The number of benzene rings is 2. The molecule has 0 radical (unpaired) electrons. The van der Waals surface area contributed by atoms with Crippen molar-refractivity contribution in [2.75, 3.05) is 18.1 Å². The molecule has 3 aromatic rings. The van der Waals surface area contributed by atoms with Gasteiger partial charge in [0.2, 0.25) is 0 Å². The smallest absolute Gasteiger partial charge is 0.260 e. The van der Waals surface area contributed by atoms with Gasteiger partial charge in [-0.05, 0) is 51.0 Å². The molecule has 2 heterocycles. The molecule has 2 aromatic carbocycles. The van der Waals surface area contributed by atoms with Crippen molar-refractivity contribution in [3.8, 4) is 0 Å². The van der Waals surface area contributed by atoms with E-state index in [4.69, 9.17) is 16.3 Å². The maximum atomic E-state index is 13.4. The zero-order valence-corrected chi connectivity index (χ0v) is 16.9. The number of para-hydroxylation sites is 1. The van der Waals surface area contributed by atoms with Crippen molar-refractivity contribution < 1.29 is 9.53 Å². The summed E-state index contributed by atoms with van der Waals surface area (Å²) in [5, 5.41) is 1.27. The highest BCUT2D eigenvalue weighted by molar-refractivity contribution is 7.22. The monoisotopic (exact) mass is 400 g/mol. The molecule has 1 amide bonds. The Labute approximate surface area is 167 Å². The Morgan fingerprint density at radius 3 is 2.74 bits per heavy atom. The van der Waals surface area contributed by atoms with Crippen LogP contribution in [0.3, 0.4) is 0 Å². The lowest BCUT2D eigenvalue weighted by Gasteiger charge is -2.23. The molecule has 0 spiro atoms. The van der Waals surface area contributed by atoms with E-state index in [9.17, 15) is 4.79 Å². The van der Waals surface area contributed by atoms with Crippen LogP contribution in [0.2, 0.25) is 5.02 Å². The molecule has 4 nitrogen and oxygen atoms in total. The number of thiazole rings is 1. The van der Waals surface area contributed by atoms with Crippen LogP contribution in [0.15, 0.2) is 36.4 Å². The van der Waals surface area contributed by atoms with Gasteiger partial charge in [0.15, 0.2) is 5.13 Å². The summed E-state index contributed by atoms with van der Waals surface area (Å²) in [7, 11) is 0. The van der Waals surface area contributed by atoms with E-state index in [1.54, 1.807) is 4.90 Å².